The van der Waals surface area contributed by atoms with E-state index < -0.39 is 12.0 Å². The Labute approximate surface area is 84.9 Å². The number of carboxylic acids is 1. The quantitative estimate of drug-likeness (QED) is 0.730. The van der Waals surface area contributed by atoms with Crippen LogP contribution in [0.15, 0.2) is 0 Å². The number of carbonyl (C=O) groups is 2. The summed E-state index contributed by atoms with van der Waals surface area (Å²) < 4.78 is 0. The molecule has 14 heavy (non-hydrogen) atoms. The zero-order valence-corrected chi connectivity index (χ0v) is 9.28. The lowest BCUT2D eigenvalue weighted by Crippen LogP contribution is -2.45. The summed E-state index contributed by atoms with van der Waals surface area (Å²) in [5, 5.41) is 9.00. The number of likely N-dealkylation sites (N-methyl/N-ethyl adjacent to an activating group) is 1. The lowest BCUT2D eigenvalue weighted by Gasteiger charge is -2.28. The van der Waals surface area contributed by atoms with Gasteiger partial charge in [-0.1, -0.05) is 20.3 Å². The van der Waals surface area contributed by atoms with Crippen molar-refractivity contribution >= 4 is 11.9 Å². The summed E-state index contributed by atoms with van der Waals surface area (Å²) in [4.78, 5) is 23.3. The molecule has 2 atom stereocenters. The summed E-state index contributed by atoms with van der Waals surface area (Å²) in [5.74, 6) is -1.14. The van der Waals surface area contributed by atoms with Gasteiger partial charge in [0.15, 0.2) is 0 Å². The summed E-state index contributed by atoms with van der Waals surface area (Å²) in [7, 11) is 1.54. The summed E-state index contributed by atoms with van der Waals surface area (Å²) >= 11 is 0. The minimum atomic E-state index is -0.927. The van der Waals surface area contributed by atoms with Crippen molar-refractivity contribution in [3.8, 4) is 0 Å². The molecule has 1 amide bonds. The molecule has 0 heterocycles. The predicted molar refractivity (Wildman–Crippen MR) is 53.9 cm³/mol. The molecular weight excluding hydrogens is 182 g/mol. The third kappa shape index (κ3) is 3.36. The number of hydrogen-bond donors (Lipinski definition) is 1. The van der Waals surface area contributed by atoms with Crippen LogP contribution in [0.5, 0.6) is 0 Å². The van der Waals surface area contributed by atoms with E-state index in [1.54, 1.807) is 0 Å². The van der Waals surface area contributed by atoms with Gasteiger partial charge in [-0.2, -0.15) is 0 Å². The highest BCUT2D eigenvalue weighted by Gasteiger charge is 2.29. The Bertz CT molecular complexity index is 215. The Kier molecular flexibility index (Phi) is 5.20. The highest BCUT2D eigenvalue weighted by molar-refractivity contribution is 5.82. The van der Waals surface area contributed by atoms with Crippen LogP contribution in [0.1, 0.15) is 33.6 Å². The van der Waals surface area contributed by atoms with Gasteiger partial charge in [0.1, 0.15) is 6.04 Å². The summed E-state index contributed by atoms with van der Waals surface area (Å²) in [6.07, 6.45) is 1.74. The molecule has 0 aliphatic heterocycles. The van der Waals surface area contributed by atoms with Gasteiger partial charge in [-0.3, -0.25) is 4.79 Å². The van der Waals surface area contributed by atoms with Gasteiger partial charge in [0.05, 0.1) is 0 Å². The van der Waals surface area contributed by atoms with E-state index in [0.29, 0.717) is 0 Å². The van der Waals surface area contributed by atoms with Crippen LogP contribution in [0.3, 0.4) is 0 Å². The lowest BCUT2D eigenvalue weighted by molar-refractivity contribution is -0.150. The van der Waals surface area contributed by atoms with Crippen LogP contribution < -0.4 is 0 Å². The number of rotatable bonds is 5. The Hall–Kier alpha value is -1.06. The maximum Gasteiger partial charge on any atom is 0.326 e. The van der Waals surface area contributed by atoms with E-state index in [2.05, 4.69) is 0 Å². The first kappa shape index (κ1) is 12.9. The fourth-order valence-electron chi connectivity index (χ4n) is 1.60. The van der Waals surface area contributed by atoms with E-state index in [-0.39, 0.29) is 11.8 Å². The molecule has 0 aliphatic rings. The van der Waals surface area contributed by atoms with E-state index in [1.165, 1.54) is 18.9 Å². The van der Waals surface area contributed by atoms with Gasteiger partial charge in [0.25, 0.3) is 0 Å². The number of aliphatic carboxylic acids is 1. The van der Waals surface area contributed by atoms with Crippen molar-refractivity contribution in [3.63, 3.8) is 0 Å². The Morgan fingerprint density at radius 1 is 1.43 bits per heavy atom. The van der Waals surface area contributed by atoms with Crippen molar-refractivity contribution in [1.29, 1.82) is 0 Å². The van der Waals surface area contributed by atoms with Crippen molar-refractivity contribution in [1.82, 2.24) is 4.90 Å². The van der Waals surface area contributed by atoms with Crippen molar-refractivity contribution < 1.29 is 14.7 Å². The third-order valence-corrected chi connectivity index (χ3v) is 2.45. The molecule has 0 aromatic rings. The second-order valence-corrected chi connectivity index (χ2v) is 3.68. The van der Waals surface area contributed by atoms with Crippen molar-refractivity contribution in [2.45, 2.75) is 39.7 Å². The van der Waals surface area contributed by atoms with E-state index in [9.17, 15) is 9.59 Å². The van der Waals surface area contributed by atoms with Crippen LogP contribution in [0.4, 0.5) is 0 Å². The highest BCUT2D eigenvalue weighted by Crippen LogP contribution is 2.15. The molecule has 0 saturated heterocycles. The van der Waals surface area contributed by atoms with Gasteiger partial charge in [0.2, 0.25) is 5.91 Å². The molecule has 0 bridgehead atoms. The molecule has 1 N–H and O–H groups in total. The fourth-order valence-corrected chi connectivity index (χ4v) is 1.60. The maximum atomic E-state index is 11.1. The second kappa shape index (κ2) is 5.62. The van der Waals surface area contributed by atoms with E-state index in [0.717, 1.165) is 12.8 Å². The molecule has 4 heteroatoms. The standard InChI is InChI=1S/C10H19NO3/c1-5-6-7(2)9(10(13)14)11(4)8(3)12/h7,9H,5-6H2,1-4H3,(H,13,14). The second-order valence-electron chi connectivity index (χ2n) is 3.68. The normalized spacial score (nSPS) is 14.6. The Balaban J connectivity index is 4.58. The number of amides is 1. The summed E-state index contributed by atoms with van der Waals surface area (Å²) in [6.45, 7) is 5.25. The zero-order valence-electron chi connectivity index (χ0n) is 9.28. The van der Waals surface area contributed by atoms with Crippen LogP contribution in [0.25, 0.3) is 0 Å². The average molecular weight is 201 g/mol. The van der Waals surface area contributed by atoms with Gasteiger partial charge in [0, 0.05) is 14.0 Å². The van der Waals surface area contributed by atoms with Gasteiger partial charge < -0.3 is 10.0 Å². The van der Waals surface area contributed by atoms with Crippen LogP contribution in [0, 0.1) is 5.92 Å². The first-order valence-electron chi connectivity index (χ1n) is 4.88. The molecule has 0 fully saturated rings. The first-order chi connectivity index (χ1) is 6.41. The fraction of sp³-hybridized carbons (Fsp3) is 0.800. The Morgan fingerprint density at radius 3 is 2.21 bits per heavy atom. The van der Waals surface area contributed by atoms with Gasteiger partial charge >= 0.3 is 5.97 Å². The number of hydrogen-bond acceptors (Lipinski definition) is 2. The topological polar surface area (TPSA) is 57.6 Å². The van der Waals surface area contributed by atoms with Crippen LogP contribution in [-0.2, 0) is 9.59 Å². The summed E-state index contributed by atoms with van der Waals surface area (Å²) in [6, 6.07) is -0.701. The molecule has 0 saturated carbocycles. The smallest absolute Gasteiger partial charge is 0.326 e. The lowest BCUT2D eigenvalue weighted by atomic mass is 9.96. The molecule has 0 rings (SSSR count). The third-order valence-electron chi connectivity index (χ3n) is 2.45. The van der Waals surface area contributed by atoms with E-state index in [4.69, 9.17) is 5.11 Å². The SMILES string of the molecule is CCCC(C)C(C(=O)O)N(C)C(C)=O. The molecule has 0 aromatic carbocycles. The summed E-state index contributed by atoms with van der Waals surface area (Å²) in [5.41, 5.74) is 0. The van der Waals surface area contributed by atoms with E-state index in [1.807, 2.05) is 13.8 Å². The van der Waals surface area contributed by atoms with Crippen LogP contribution in [-0.4, -0.2) is 35.0 Å². The number of nitrogens with zero attached hydrogens (tertiary/aromatic N) is 1. The van der Waals surface area contributed by atoms with Gasteiger partial charge in [-0.15, -0.1) is 0 Å². The monoisotopic (exact) mass is 201 g/mol. The van der Waals surface area contributed by atoms with Gasteiger partial charge in [-0.25, -0.2) is 4.79 Å². The van der Waals surface area contributed by atoms with Crippen molar-refractivity contribution in [2.24, 2.45) is 5.92 Å². The Morgan fingerprint density at radius 2 is 1.93 bits per heavy atom. The van der Waals surface area contributed by atoms with Gasteiger partial charge in [-0.05, 0) is 12.3 Å². The molecule has 4 nitrogen and oxygen atoms in total. The van der Waals surface area contributed by atoms with E-state index >= 15 is 0 Å². The minimum absolute atomic E-state index is 0.00796. The molecule has 0 spiro atoms. The molecule has 0 aliphatic carbocycles. The average Bonchev–Trinajstić information content (AvgIpc) is 2.03. The first-order valence-corrected chi connectivity index (χ1v) is 4.88. The molecule has 82 valence electrons. The van der Waals surface area contributed by atoms with Crippen LogP contribution >= 0.6 is 0 Å². The largest absolute Gasteiger partial charge is 0.480 e. The van der Waals surface area contributed by atoms with Crippen LogP contribution in [0.2, 0.25) is 0 Å². The predicted octanol–water partition coefficient (Wildman–Crippen LogP) is 1.35. The zero-order chi connectivity index (χ0) is 11.3. The highest BCUT2D eigenvalue weighted by atomic mass is 16.4. The van der Waals surface area contributed by atoms with Crippen molar-refractivity contribution in [3.05, 3.63) is 0 Å². The number of carbonyl (C=O) groups excluding carboxylic acids is 1. The molecular formula is C10H19NO3. The molecule has 0 radical (unpaired) electrons. The molecule has 2 unspecified atom stereocenters. The van der Waals surface area contributed by atoms with Crippen molar-refractivity contribution in [2.75, 3.05) is 7.05 Å². The minimum Gasteiger partial charge on any atom is -0.480 e. The number of carboxylic acid groups (broad SMARTS) is 1. The maximum absolute atomic E-state index is 11.1. The molecule has 0 aromatic heterocycles.